The second-order valence-electron chi connectivity index (χ2n) is 6.18. The molecule has 5 nitrogen and oxygen atoms in total. The molecule has 0 amide bonds. The van der Waals surface area contributed by atoms with Crippen LogP contribution in [0.3, 0.4) is 0 Å². The summed E-state index contributed by atoms with van der Waals surface area (Å²) in [6, 6.07) is 15.8. The molecule has 0 radical (unpaired) electrons. The molecule has 1 aromatic heterocycles. The molecule has 3 aromatic rings. The van der Waals surface area contributed by atoms with E-state index in [1.165, 1.54) is 10.1 Å². The van der Waals surface area contributed by atoms with Crippen molar-refractivity contribution < 1.29 is 5.11 Å². The number of rotatable bonds is 6. The van der Waals surface area contributed by atoms with E-state index in [1.54, 1.807) is 0 Å². The van der Waals surface area contributed by atoms with Crippen LogP contribution in [0.2, 0.25) is 0 Å². The third kappa shape index (κ3) is 3.51. The summed E-state index contributed by atoms with van der Waals surface area (Å²) >= 11 is 0. The van der Waals surface area contributed by atoms with E-state index in [0.717, 1.165) is 24.0 Å². The molecule has 5 heteroatoms. The molecule has 2 aromatic carbocycles. The van der Waals surface area contributed by atoms with E-state index in [-0.39, 0.29) is 11.6 Å². The maximum atomic E-state index is 12.2. The van der Waals surface area contributed by atoms with Crippen molar-refractivity contribution in [3.05, 3.63) is 70.3 Å². The molecule has 0 saturated carbocycles. The van der Waals surface area contributed by atoms with Crippen LogP contribution in [0.25, 0.3) is 16.8 Å². The third-order valence-electron chi connectivity index (χ3n) is 4.41. The number of hydrogen-bond donors (Lipinski definition) is 3. The Morgan fingerprint density at radius 1 is 1.08 bits per heavy atom. The molecule has 130 valence electrons. The van der Waals surface area contributed by atoms with Crippen LogP contribution in [0.5, 0.6) is 5.88 Å². The van der Waals surface area contributed by atoms with Crippen LogP contribution in [0.4, 0.5) is 0 Å². The predicted octanol–water partition coefficient (Wildman–Crippen LogP) is 3.13. The Morgan fingerprint density at radius 2 is 1.80 bits per heavy atom. The van der Waals surface area contributed by atoms with Gasteiger partial charge in [-0.2, -0.15) is 0 Å². The van der Waals surface area contributed by atoms with Gasteiger partial charge in [-0.15, -0.1) is 0 Å². The number of unbranched alkanes of at least 4 members (excludes halogenated alkanes) is 1. The number of nitrogens with one attached hydrogen (secondary N) is 1. The van der Waals surface area contributed by atoms with Crippen LogP contribution in [0.15, 0.2) is 53.3 Å². The lowest BCUT2D eigenvalue weighted by Gasteiger charge is -2.08. The van der Waals surface area contributed by atoms with Crippen molar-refractivity contribution in [1.82, 2.24) is 9.55 Å². The molecule has 25 heavy (non-hydrogen) atoms. The van der Waals surface area contributed by atoms with Crippen LogP contribution >= 0.6 is 0 Å². The Bertz CT molecular complexity index is 907. The maximum absolute atomic E-state index is 12.2. The van der Waals surface area contributed by atoms with Crippen molar-refractivity contribution >= 4 is 0 Å². The number of hydrogen-bond acceptors (Lipinski definition) is 3. The molecular formula is C20H23N3O2. The smallest absolute Gasteiger partial charge is 0.333 e. The highest BCUT2D eigenvalue weighted by atomic mass is 16.3. The van der Waals surface area contributed by atoms with Gasteiger partial charge >= 0.3 is 5.69 Å². The molecule has 0 fully saturated rings. The molecule has 0 spiro atoms. The summed E-state index contributed by atoms with van der Waals surface area (Å²) in [5, 5.41) is 10.4. The van der Waals surface area contributed by atoms with E-state index < -0.39 is 0 Å². The molecular weight excluding hydrogens is 314 g/mol. The number of nitrogens with zero attached hydrogens (tertiary/aromatic N) is 1. The van der Waals surface area contributed by atoms with Gasteiger partial charge in [0, 0.05) is 0 Å². The first kappa shape index (κ1) is 17.0. The Labute approximate surface area is 146 Å². The van der Waals surface area contributed by atoms with Gasteiger partial charge in [-0.05, 0) is 61.6 Å². The van der Waals surface area contributed by atoms with Crippen molar-refractivity contribution in [2.75, 3.05) is 6.54 Å². The summed E-state index contributed by atoms with van der Waals surface area (Å²) < 4.78 is 1.30. The minimum absolute atomic E-state index is 0.0225. The van der Waals surface area contributed by atoms with E-state index in [2.05, 4.69) is 24.0 Å². The topological polar surface area (TPSA) is 84.0 Å². The zero-order valence-electron chi connectivity index (χ0n) is 14.3. The minimum atomic E-state index is -0.330. The zero-order valence-corrected chi connectivity index (χ0v) is 14.3. The second-order valence-corrected chi connectivity index (χ2v) is 6.18. The van der Waals surface area contributed by atoms with Crippen LogP contribution in [-0.2, 0) is 6.42 Å². The first-order chi connectivity index (χ1) is 12.1. The Morgan fingerprint density at radius 3 is 2.48 bits per heavy atom. The van der Waals surface area contributed by atoms with Gasteiger partial charge in [-0.3, -0.25) is 0 Å². The summed E-state index contributed by atoms with van der Waals surface area (Å²) in [5.74, 6) is -0.0225. The van der Waals surface area contributed by atoms with Gasteiger partial charge in [0.15, 0.2) is 0 Å². The Kier molecular flexibility index (Phi) is 5.05. The Balaban J connectivity index is 1.90. The fraction of sp³-hybridized carbons (Fsp3) is 0.250. The summed E-state index contributed by atoms with van der Waals surface area (Å²) in [6.45, 7) is 2.67. The molecule has 0 saturated heterocycles. The van der Waals surface area contributed by atoms with Gasteiger partial charge in [0.1, 0.15) is 0 Å². The molecule has 0 aliphatic heterocycles. The summed E-state index contributed by atoms with van der Waals surface area (Å²) in [7, 11) is 0. The lowest BCUT2D eigenvalue weighted by Crippen LogP contribution is -2.14. The van der Waals surface area contributed by atoms with E-state index in [1.807, 2.05) is 36.4 Å². The van der Waals surface area contributed by atoms with Crippen molar-refractivity contribution in [3.8, 4) is 22.7 Å². The van der Waals surface area contributed by atoms with Crippen molar-refractivity contribution in [1.29, 1.82) is 0 Å². The summed E-state index contributed by atoms with van der Waals surface area (Å²) in [5.41, 5.74) is 9.78. The number of aromatic hydroxyl groups is 1. The number of aryl methyl sites for hydroxylation is 2. The lowest BCUT2D eigenvalue weighted by molar-refractivity contribution is 0.433. The average molecular weight is 337 g/mol. The van der Waals surface area contributed by atoms with Gasteiger partial charge in [-0.1, -0.05) is 36.4 Å². The van der Waals surface area contributed by atoms with Gasteiger partial charge < -0.3 is 15.8 Å². The minimum Gasteiger partial charge on any atom is -0.493 e. The molecule has 0 aliphatic rings. The molecule has 0 atom stereocenters. The van der Waals surface area contributed by atoms with Crippen molar-refractivity contribution in [3.63, 3.8) is 0 Å². The van der Waals surface area contributed by atoms with Crippen LogP contribution < -0.4 is 11.4 Å². The lowest BCUT2D eigenvalue weighted by atomic mass is 10.0. The van der Waals surface area contributed by atoms with E-state index in [4.69, 9.17) is 5.73 Å². The molecule has 0 aliphatic carbocycles. The van der Waals surface area contributed by atoms with Crippen molar-refractivity contribution in [2.24, 2.45) is 5.73 Å². The van der Waals surface area contributed by atoms with Crippen LogP contribution in [-0.4, -0.2) is 21.2 Å². The highest BCUT2D eigenvalue weighted by molar-refractivity contribution is 5.68. The maximum Gasteiger partial charge on any atom is 0.333 e. The molecule has 3 rings (SSSR count). The van der Waals surface area contributed by atoms with Gasteiger partial charge in [0.2, 0.25) is 5.88 Å². The van der Waals surface area contributed by atoms with Crippen molar-refractivity contribution in [2.45, 2.75) is 26.2 Å². The number of H-pyrrole nitrogens is 1. The number of benzene rings is 2. The summed E-state index contributed by atoms with van der Waals surface area (Å²) in [6.07, 6.45) is 2.29. The number of nitrogens with two attached hydrogens (primary N) is 1. The average Bonchev–Trinajstić information content (AvgIpc) is 2.90. The fourth-order valence-electron chi connectivity index (χ4n) is 3.02. The zero-order chi connectivity index (χ0) is 17.8. The van der Waals surface area contributed by atoms with Crippen LogP contribution in [0.1, 0.15) is 24.1 Å². The SMILES string of the molecule is Cc1ccccc1-c1ccc(-n2c(O)c(CCCCN)[nH]c2=O)cc1. The highest BCUT2D eigenvalue weighted by Crippen LogP contribution is 2.26. The number of aromatic amines is 1. The van der Waals surface area contributed by atoms with Gasteiger partial charge in [0.25, 0.3) is 0 Å². The molecule has 1 heterocycles. The molecule has 0 unspecified atom stereocenters. The largest absolute Gasteiger partial charge is 0.493 e. The van der Waals surface area contributed by atoms with E-state index in [0.29, 0.717) is 24.3 Å². The standard InChI is InChI=1S/C20H23N3O2/c1-14-6-2-3-7-17(14)15-9-11-16(12-10-15)23-19(24)18(22-20(23)25)8-4-5-13-21/h2-3,6-7,9-12,24H,4-5,8,13,21H2,1H3,(H,22,25). The number of imidazole rings is 1. The molecule has 4 N–H and O–H groups in total. The van der Waals surface area contributed by atoms with E-state index >= 15 is 0 Å². The van der Waals surface area contributed by atoms with E-state index in [9.17, 15) is 9.90 Å². The number of aromatic nitrogens is 2. The third-order valence-corrected chi connectivity index (χ3v) is 4.41. The fourth-order valence-corrected chi connectivity index (χ4v) is 3.02. The van der Waals surface area contributed by atoms with Gasteiger partial charge in [0.05, 0.1) is 11.4 Å². The van der Waals surface area contributed by atoms with Gasteiger partial charge in [-0.25, -0.2) is 9.36 Å². The summed E-state index contributed by atoms with van der Waals surface area (Å²) in [4.78, 5) is 15.0. The predicted molar refractivity (Wildman–Crippen MR) is 100 cm³/mol. The van der Waals surface area contributed by atoms with Crippen LogP contribution in [0, 0.1) is 6.92 Å². The first-order valence-corrected chi connectivity index (χ1v) is 8.51. The Hall–Kier alpha value is -2.79. The quantitative estimate of drug-likeness (QED) is 0.604. The highest BCUT2D eigenvalue weighted by Gasteiger charge is 2.14. The first-order valence-electron chi connectivity index (χ1n) is 8.51. The molecule has 0 bridgehead atoms. The normalized spacial score (nSPS) is 11.0. The second kappa shape index (κ2) is 7.40. The monoisotopic (exact) mass is 337 g/mol.